The summed E-state index contributed by atoms with van der Waals surface area (Å²) in [6.07, 6.45) is 3.77. The first-order valence-electron chi connectivity index (χ1n) is 24.2. The predicted molar refractivity (Wildman–Crippen MR) is 300 cm³/mol. The Balaban J connectivity index is 0.00000271. The quantitative estimate of drug-likeness (QED) is 0.0688. The van der Waals surface area contributed by atoms with Gasteiger partial charge in [0, 0.05) is 25.7 Å². The number of benzene rings is 4. The van der Waals surface area contributed by atoms with E-state index in [1.807, 2.05) is 0 Å². The van der Waals surface area contributed by atoms with Gasteiger partial charge in [-0.25, -0.2) is 0 Å². The van der Waals surface area contributed by atoms with E-state index in [-0.39, 0.29) is 21.7 Å². The number of fused-ring (bicyclic) bond motifs is 8. The summed E-state index contributed by atoms with van der Waals surface area (Å²) in [5.41, 5.74) is 3.57. The van der Waals surface area contributed by atoms with Gasteiger partial charge in [-0.1, -0.05) is 165 Å². The van der Waals surface area contributed by atoms with Crippen LogP contribution >= 0.6 is 81.9 Å². The minimum absolute atomic E-state index is 0.238. The third kappa shape index (κ3) is 18.3. The molecule has 0 amide bonds. The van der Waals surface area contributed by atoms with Gasteiger partial charge in [0.2, 0.25) is 0 Å². The molecule has 72 heavy (non-hydrogen) atoms. The molecule has 4 aromatic carbocycles. The lowest BCUT2D eigenvalue weighted by Crippen LogP contribution is -2.14. The number of halogens is 3. The summed E-state index contributed by atoms with van der Waals surface area (Å²) >= 11 is 20.9. The summed E-state index contributed by atoms with van der Waals surface area (Å²) in [4.78, 5) is 7.37. The summed E-state index contributed by atoms with van der Waals surface area (Å²) in [5, 5.41) is 38.2. The summed E-state index contributed by atoms with van der Waals surface area (Å²) < 4.78 is 26.8. The first kappa shape index (κ1) is 60.9. The van der Waals surface area contributed by atoms with E-state index in [9.17, 15) is 21.0 Å². The lowest BCUT2D eigenvalue weighted by Gasteiger charge is -2.28. The van der Waals surface area contributed by atoms with Crippen molar-refractivity contribution < 1.29 is 18.9 Å². The van der Waals surface area contributed by atoms with Crippen LogP contribution in [0.3, 0.4) is 0 Å². The molecule has 0 radical (unpaired) electrons. The maximum Gasteiger partial charge on any atom is 0.180 e. The first-order chi connectivity index (χ1) is 33.8. The van der Waals surface area contributed by atoms with E-state index in [0.29, 0.717) is 77.8 Å². The molecule has 1 aliphatic rings. The summed E-state index contributed by atoms with van der Waals surface area (Å²) in [5.74, 6) is 2.90. The SMILES string of the molecule is CC(C)(C)c1cc2c(OCCCC#N)c(c1)Sc1cc(C(C)(C)C)cc(c1OCCCC#N)Sc1cc(C(C)(C)C)cc(c1OCCCC#N)Sc1cc(C(C)(C)C)cc(c1OCCCC#N)S2.ClC(Cl)Cl. The van der Waals surface area contributed by atoms with E-state index >= 15 is 0 Å². The average molecular weight is 1110 g/mol. The molecule has 8 nitrogen and oxygen atoms in total. The van der Waals surface area contributed by atoms with E-state index < -0.39 is 4.30 Å². The van der Waals surface area contributed by atoms with Gasteiger partial charge in [-0.05, 0) is 118 Å². The van der Waals surface area contributed by atoms with Gasteiger partial charge in [0.05, 0.1) is 89.9 Å². The molecule has 1 heterocycles. The van der Waals surface area contributed by atoms with E-state index in [4.69, 9.17) is 53.8 Å². The van der Waals surface area contributed by atoms with Gasteiger partial charge in [-0.3, -0.25) is 0 Å². The summed E-state index contributed by atoms with van der Waals surface area (Å²) in [6.45, 7) is 28.1. The van der Waals surface area contributed by atoms with Crippen molar-refractivity contribution in [3.05, 3.63) is 70.8 Å². The Morgan fingerprint density at radius 2 is 0.514 bits per heavy atom. The van der Waals surface area contributed by atoms with E-state index in [1.165, 1.54) is 0 Å². The highest BCUT2D eigenvalue weighted by molar-refractivity contribution is 8.01. The monoisotopic (exact) mass is 1110 g/mol. The van der Waals surface area contributed by atoms with Crippen molar-refractivity contribution >= 4 is 81.9 Å². The molecule has 15 heteroatoms. The van der Waals surface area contributed by atoms with Crippen LogP contribution in [0.1, 0.15) is 157 Å². The normalized spacial score (nSPS) is 12.6. The minimum atomic E-state index is -0.750. The number of rotatable bonds is 16. The van der Waals surface area contributed by atoms with Gasteiger partial charge in [-0.2, -0.15) is 21.0 Å². The molecule has 386 valence electrons. The van der Waals surface area contributed by atoms with Crippen LogP contribution in [0, 0.1) is 45.3 Å². The summed E-state index contributed by atoms with van der Waals surface area (Å²) in [7, 11) is 0. The Kier molecular flexibility index (Phi) is 23.4. The predicted octanol–water partition coefficient (Wildman–Crippen LogP) is 18.5. The van der Waals surface area contributed by atoms with Gasteiger partial charge in [0.15, 0.2) is 4.30 Å². The van der Waals surface area contributed by atoms with Crippen molar-refractivity contribution in [2.45, 2.75) is 200 Å². The second-order valence-electron chi connectivity index (χ2n) is 21.3. The topological polar surface area (TPSA) is 132 Å². The molecule has 0 aromatic heterocycles. The zero-order valence-electron chi connectivity index (χ0n) is 43.9. The van der Waals surface area contributed by atoms with Crippen LogP contribution in [0.25, 0.3) is 0 Å². The molecule has 0 aliphatic carbocycles. The van der Waals surface area contributed by atoms with E-state index in [0.717, 1.165) is 84.4 Å². The van der Waals surface area contributed by atoms with Crippen LogP contribution < -0.4 is 18.9 Å². The lowest BCUT2D eigenvalue weighted by atomic mass is 9.87. The molecule has 1 aliphatic heterocycles. The molecule has 4 aromatic rings. The van der Waals surface area contributed by atoms with Crippen LogP contribution in [-0.4, -0.2) is 30.7 Å². The third-order valence-corrected chi connectivity index (χ3v) is 15.3. The Morgan fingerprint density at radius 3 is 0.639 bits per heavy atom. The molecule has 0 N–H and O–H groups in total. The van der Waals surface area contributed by atoms with Crippen LogP contribution in [0.4, 0.5) is 0 Å². The zero-order chi connectivity index (χ0) is 53.4. The number of alkyl halides is 3. The highest BCUT2D eigenvalue weighted by atomic mass is 35.6. The van der Waals surface area contributed by atoms with Crippen LogP contribution in [0.15, 0.2) is 87.7 Å². The van der Waals surface area contributed by atoms with Gasteiger partial charge < -0.3 is 18.9 Å². The maximum atomic E-state index is 9.55. The number of unbranched alkanes of at least 4 members (excludes halogenated alkanes) is 4. The van der Waals surface area contributed by atoms with Crippen molar-refractivity contribution in [2.24, 2.45) is 0 Å². The zero-order valence-corrected chi connectivity index (χ0v) is 49.4. The second kappa shape index (κ2) is 27.7. The number of ether oxygens (including phenoxy) is 4. The van der Waals surface area contributed by atoms with Gasteiger partial charge in [-0.15, -0.1) is 0 Å². The summed E-state index contributed by atoms with van der Waals surface area (Å²) in [6, 6.07) is 27.1. The minimum Gasteiger partial charge on any atom is -0.491 e. The third-order valence-electron chi connectivity index (χ3n) is 11.1. The molecular weight excluding hydrogens is 1040 g/mol. The lowest BCUT2D eigenvalue weighted by molar-refractivity contribution is 0.294. The van der Waals surface area contributed by atoms with Crippen molar-refractivity contribution in [1.82, 2.24) is 0 Å². The Bertz CT molecular complexity index is 2210. The first-order valence-corrected chi connectivity index (χ1v) is 28.8. The number of nitrogens with zero attached hydrogens (tertiary/aromatic N) is 4. The van der Waals surface area contributed by atoms with E-state index in [2.05, 4.69) is 156 Å². The highest BCUT2D eigenvalue weighted by Crippen LogP contribution is 2.56. The molecule has 5 rings (SSSR count). The van der Waals surface area contributed by atoms with Crippen LogP contribution in [0.2, 0.25) is 0 Å². The fourth-order valence-electron chi connectivity index (χ4n) is 6.99. The molecule has 0 spiro atoms. The molecule has 0 unspecified atom stereocenters. The van der Waals surface area contributed by atoms with Gasteiger partial charge in [0.25, 0.3) is 0 Å². The maximum absolute atomic E-state index is 9.55. The molecule has 0 atom stereocenters. The largest absolute Gasteiger partial charge is 0.491 e. The van der Waals surface area contributed by atoms with Crippen LogP contribution in [0.5, 0.6) is 23.0 Å². The average Bonchev–Trinajstić information content (AvgIpc) is 3.27. The van der Waals surface area contributed by atoms with Crippen LogP contribution in [-0.2, 0) is 21.7 Å². The fraction of sp³-hybridized carbons (Fsp3) is 0.509. The number of nitriles is 4. The van der Waals surface area contributed by atoms with Crippen molar-refractivity contribution in [3.8, 4) is 47.3 Å². The smallest absolute Gasteiger partial charge is 0.180 e. The highest BCUT2D eigenvalue weighted by Gasteiger charge is 2.30. The Labute approximate surface area is 462 Å². The standard InChI is InChI=1S/C56H68N4O4S4.CHCl3/c1-53(2,3)37-29-41-49(61-25-17-13-21-57)42(30-37)66-44-32-39(55(7,8)9)34-46(51(44)63-27-19-15-23-59)68-48-36-40(56(10,11)12)35-47(52(48)64-28-20-16-24-60)67-45-33-38(54(4,5)6)31-43(65-41)50(45)62-26-18-14-22-58;2-1(3)4/h29-36H,13-20,25-28H2,1-12H3;1H. The van der Waals surface area contributed by atoms with Crippen molar-refractivity contribution in [2.75, 3.05) is 26.4 Å². The molecule has 0 fully saturated rings. The molecule has 0 saturated carbocycles. The Hall–Kier alpha value is -3.69. The second-order valence-corrected chi connectivity index (χ2v) is 27.6. The number of hydrogen-bond acceptors (Lipinski definition) is 12. The molecule has 8 bridgehead atoms. The number of hydrogen-bond donors (Lipinski definition) is 0. The van der Waals surface area contributed by atoms with E-state index in [1.54, 1.807) is 47.0 Å². The molecular formula is C57H69Cl3N4O4S4. The molecule has 0 saturated heterocycles. The van der Waals surface area contributed by atoms with Gasteiger partial charge >= 0.3 is 0 Å². The fourth-order valence-corrected chi connectivity index (χ4v) is 11.8. The van der Waals surface area contributed by atoms with Gasteiger partial charge in [0.1, 0.15) is 23.0 Å². The Morgan fingerprint density at radius 1 is 0.361 bits per heavy atom. The van der Waals surface area contributed by atoms with Crippen molar-refractivity contribution in [1.29, 1.82) is 21.0 Å². The van der Waals surface area contributed by atoms with Crippen molar-refractivity contribution in [3.63, 3.8) is 0 Å².